The summed E-state index contributed by atoms with van der Waals surface area (Å²) in [5.74, 6) is 1.46. The van der Waals surface area contributed by atoms with Crippen molar-refractivity contribution in [2.45, 2.75) is 63.4 Å². The highest BCUT2D eigenvalue weighted by atomic mass is 32.2. The van der Waals surface area contributed by atoms with Gasteiger partial charge < -0.3 is 4.52 Å². The average Bonchev–Trinajstić information content (AvgIpc) is 3.28. The molecule has 0 aliphatic heterocycles. The largest absolute Gasteiger partial charge is 0.361 e. The van der Waals surface area contributed by atoms with E-state index in [0.29, 0.717) is 5.75 Å². The molecule has 0 radical (unpaired) electrons. The van der Waals surface area contributed by atoms with Gasteiger partial charge in [0.05, 0.1) is 11.1 Å². The number of hydrogen-bond donors (Lipinski definition) is 0. The first kappa shape index (κ1) is 16.8. The minimum atomic E-state index is 0.123. The molecule has 3 aromatic rings. The molecule has 7 heteroatoms. The molecular weight excluding hydrogens is 354 g/mol. The van der Waals surface area contributed by atoms with Gasteiger partial charge in [0.1, 0.15) is 10.6 Å². The van der Waals surface area contributed by atoms with E-state index >= 15 is 0 Å². The second-order valence-corrected chi connectivity index (χ2v) is 8.83. The maximum absolute atomic E-state index is 13.3. The Morgan fingerprint density at radius 3 is 2.76 bits per heavy atom. The number of hydrogen-bond acceptors (Lipinski definition) is 6. The highest BCUT2D eigenvalue weighted by Crippen LogP contribution is 2.35. The third-order valence-electron chi connectivity index (χ3n) is 4.92. The number of fused-ring (bicyclic) bond motifs is 1. The van der Waals surface area contributed by atoms with E-state index < -0.39 is 0 Å². The highest BCUT2D eigenvalue weighted by Gasteiger charge is 2.25. The van der Waals surface area contributed by atoms with Crippen LogP contribution in [0.15, 0.2) is 20.5 Å². The Balaban J connectivity index is 1.80. The second-order valence-electron chi connectivity index (χ2n) is 6.69. The monoisotopic (exact) mass is 375 g/mol. The molecule has 3 heterocycles. The Labute approximate surface area is 154 Å². The van der Waals surface area contributed by atoms with Crippen molar-refractivity contribution in [1.82, 2.24) is 14.7 Å². The summed E-state index contributed by atoms with van der Waals surface area (Å²) >= 11 is 3.19. The third kappa shape index (κ3) is 3.04. The molecule has 0 unspecified atom stereocenters. The van der Waals surface area contributed by atoms with E-state index in [1.54, 1.807) is 23.1 Å². The van der Waals surface area contributed by atoms with Crippen LogP contribution in [0.2, 0.25) is 0 Å². The van der Waals surface area contributed by atoms with Gasteiger partial charge in [-0.15, -0.1) is 11.3 Å². The molecule has 1 aliphatic rings. The SMILES string of the molecule is Cc1cc(CSc2nc3sc(C)c(C)c3c(=O)n2C2CCCC2)no1. The van der Waals surface area contributed by atoms with E-state index in [4.69, 9.17) is 9.51 Å². The number of nitrogens with zero attached hydrogens (tertiary/aromatic N) is 3. The van der Waals surface area contributed by atoms with Crippen LogP contribution in [0.4, 0.5) is 0 Å². The molecule has 1 saturated carbocycles. The lowest BCUT2D eigenvalue weighted by atomic mass is 10.2. The number of thiophene rings is 1. The van der Waals surface area contributed by atoms with Gasteiger partial charge in [-0.3, -0.25) is 9.36 Å². The molecule has 3 aromatic heterocycles. The Hall–Kier alpha value is -1.60. The molecule has 0 bridgehead atoms. The lowest BCUT2D eigenvalue weighted by Crippen LogP contribution is -2.26. The fourth-order valence-electron chi connectivity index (χ4n) is 3.50. The van der Waals surface area contributed by atoms with Gasteiger partial charge in [0, 0.05) is 22.7 Å². The quantitative estimate of drug-likeness (QED) is 0.485. The summed E-state index contributed by atoms with van der Waals surface area (Å²) in [7, 11) is 0. The fraction of sp³-hybridized carbons (Fsp3) is 0.500. The van der Waals surface area contributed by atoms with E-state index in [2.05, 4.69) is 12.1 Å². The van der Waals surface area contributed by atoms with Gasteiger partial charge in [0.25, 0.3) is 5.56 Å². The van der Waals surface area contributed by atoms with Gasteiger partial charge in [-0.2, -0.15) is 0 Å². The van der Waals surface area contributed by atoms with Crippen molar-refractivity contribution < 1.29 is 4.52 Å². The minimum absolute atomic E-state index is 0.123. The standard InChI is InChI=1S/C18H21N3O2S2/c1-10-8-13(20-23-10)9-24-18-19-16-15(11(2)12(3)25-16)17(22)21(18)14-6-4-5-7-14/h8,14H,4-7,9H2,1-3H3. The third-order valence-corrected chi connectivity index (χ3v) is 7.01. The van der Waals surface area contributed by atoms with Crippen LogP contribution in [0.25, 0.3) is 10.2 Å². The second kappa shape index (κ2) is 6.61. The zero-order valence-corrected chi connectivity index (χ0v) is 16.3. The molecule has 4 rings (SSSR count). The summed E-state index contributed by atoms with van der Waals surface area (Å²) in [6.45, 7) is 5.98. The molecule has 1 fully saturated rings. The summed E-state index contributed by atoms with van der Waals surface area (Å²) in [6, 6.07) is 2.20. The normalized spacial score (nSPS) is 15.5. The number of aryl methyl sites for hydroxylation is 3. The van der Waals surface area contributed by atoms with Gasteiger partial charge in [0.2, 0.25) is 0 Å². The van der Waals surface area contributed by atoms with Crippen LogP contribution in [-0.2, 0) is 5.75 Å². The predicted molar refractivity (Wildman–Crippen MR) is 102 cm³/mol. The van der Waals surface area contributed by atoms with E-state index in [9.17, 15) is 4.79 Å². The Kier molecular flexibility index (Phi) is 4.45. The summed E-state index contributed by atoms with van der Waals surface area (Å²) in [6.07, 6.45) is 4.49. The van der Waals surface area contributed by atoms with Gasteiger partial charge in [-0.25, -0.2) is 4.98 Å². The van der Waals surface area contributed by atoms with Crippen LogP contribution in [0.3, 0.4) is 0 Å². The van der Waals surface area contributed by atoms with Crippen molar-refractivity contribution >= 4 is 33.3 Å². The average molecular weight is 376 g/mol. The van der Waals surface area contributed by atoms with Gasteiger partial charge in [0.15, 0.2) is 5.16 Å². The van der Waals surface area contributed by atoms with Crippen LogP contribution in [0, 0.1) is 20.8 Å². The van der Waals surface area contributed by atoms with Crippen LogP contribution in [0.1, 0.15) is 53.6 Å². The molecular formula is C18H21N3O2S2. The molecule has 5 nitrogen and oxygen atoms in total. The summed E-state index contributed by atoms with van der Waals surface area (Å²) < 4.78 is 7.10. The molecule has 0 spiro atoms. The van der Waals surface area contributed by atoms with E-state index in [-0.39, 0.29) is 11.6 Å². The first-order valence-electron chi connectivity index (χ1n) is 8.62. The summed E-state index contributed by atoms with van der Waals surface area (Å²) in [5, 5.41) is 5.67. The minimum Gasteiger partial charge on any atom is -0.361 e. The van der Waals surface area contributed by atoms with Crippen LogP contribution in [-0.4, -0.2) is 14.7 Å². The zero-order chi connectivity index (χ0) is 17.6. The van der Waals surface area contributed by atoms with Crippen molar-refractivity contribution in [3.05, 3.63) is 38.3 Å². The number of thioether (sulfide) groups is 1. The first-order chi connectivity index (χ1) is 12.0. The van der Waals surface area contributed by atoms with Gasteiger partial charge in [-0.1, -0.05) is 29.8 Å². The van der Waals surface area contributed by atoms with Crippen molar-refractivity contribution in [2.24, 2.45) is 0 Å². The van der Waals surface area contributed by atoms with Gasteiger partial charge >= 0.3 is 0 Å². The molecule has 0 N–H and O–H groups in total. The molecule has 25 heavy (non-hydrogen) atoms. The smallest absolute Gasteiger partial charge is 0.263 e. The molecule has 132 valence electrons. The molecule has 0 atom stereocenters. The lowest BCUT2D eigenvalue weighted by molar-refractivity contribution is 0.392. The van der Waals surface area contributed by atoms with Crippen molar-refractivity contribution in [3.63, 3.8) is 0 Å². The number of aromatic nitrogens is 3. The predicted octanol–water partition coefficient (Wildman–Crippen LogP) is 4.78. The van der Waals surface area contributed by atoms with Gasteiger partial charge in [-0.05, 0) is 39.2 Å². The molecule has 1 aliphatic carbocycles. The van der Waals surface area contributed by atoms with E-state index in [1.165, 1.54) is 17.7 Å². The Morgan fingerprint density at radius 1 is 1.32 bits per heavy atom. The Bertz CT molecular complexity index is 980. The van der Waals surface area contributed by atoms with E-state index in [0.717, 1.165) is 45.2 Å². The van der Waals surface area contributed by atoms with Crippen LogP contribution in [0.5, 0.6) is 0 Å². The first-order valence-corrected chi connectivity index (χ1v) is 10.4. The summed E-state index contributed by atoms with van der Waals surface area (Å²) in [5.41, 5.74) is 2.08. The van der Waals surface area contributed by atoms with E-state index in [1.807, 2.05) is 24.5 Å². The topological polar surface area (TPSA) is 60.9 Å². The molecule has 0 aromatic carbocycles. The zero-order valence-electron chi connectivity index (χ0n) is 14.7. The van der Waals surface area contributed by atoms with Crippen molar-refractivity contribution in [1.29, 1.82) is 0 Å². The number of rotatable bonds is 4. The Morgan fingerprint density at radius 2 is 2.08 bits per heavy atom. The molecule has 0 saturated heterocycles. The van der Waals surface area contributed by atoms with Crippen LogP contribution >= 0.6 is 23.1 Å². The lowest BCUT2D eigenvalue weighted by Gasteiger charge is -2.17. The van der Waals surface area contributed by atoms with Crippen LogP contribution < -0.4 is 5.56 Å². The van der Waals surface area contributed by atoms with Crippen molar-refractivity contribution in [3.8, 4) is 0 Å². The fourth-order valence-corrected chi connectivity index (χ4v) is 5.52. The maximum Gasteiger partial charge on any atom is 0.263 e. The highest BCUT2D eigenvalue weighted by molar-refractivity contribution is 7.98. The maximum atomic E-state index is 13.3. The molecule has 0 amide bonds. The van der Waals surface area contributed by atoms with Crippen molar-refractivity contribution in [2.75, 3.05) is 0 Å². The summed E-state index contributed by atoms with van der Waals surface area (Å²) in [4.78, 5) is 20.2.